The van der Waals surface area contributed by atoms with E-state index in [4.69, 9.17) is 0 Å². The Kier molecular flexibility index (Phi) is 2.84. The van der Waals surface area contributed by atoms with E-state index in [0.29, 0.717) is 6.54 Å². The molecule has 96 valence electrons. The molecule has 1 spiro atoms. The maximum Gasteiger partial charge on any atom is 0.241 e. The molecule has 1 aromatic carbocycles. The van der Waals surface area contributed by atoms with Crippen molar-refractivity contribution in [3.05, 3.63) is 30.3 Å². The first-order valence-electron chi connectivity index (χ1n) is 6.49. The molecular formula is C14H19N3O. The Hall–Kier alpha value is -1.39. The molecule has 2 fully saturated rings. The van der Waals surface area contributed by atoms with E-state index in [9.17, 15) is 4.79 Å². The predicted octanol–water partition coefficient (Wildman–Crippen LogP) is 0.697. The van der Waals surface area contributed by atoms with Gasteiger partial charge in [0.15, 0.2) is 0 Å². The van der Waals surface area contributed by atoms with Gasteiger partial charge in [-0.2, -0.15) is 0 Å². The highest BCUT2D eigenvalue weighted by Gasteiger charge is 2.44. The fraction of sp³-hybridized carbons (Fsp3) is 0.500. The van der Waals surface area contributed by atoms with Crippen molar-refractivity contribution in [1.29, 1.82) is 0 Å². The zero-order chi connectivity index (χ0) is 12.6. The highest BCUT2D eigenvalue weighted by molar-refractivity contribution is 5.96. The van der Waals surface area contributed by atoms with E-state index in [1.807, 2.05) is 35.2 Å². The lowest BCUT2D eigenvalue weighted by atomic mass is 9.92. The molecule has 4 heteroatoms. The number of hydrogen-bond donors (Lipinski definition) is 1. The monoisotopic (exact) mass is 245 g/mol. The number of para-hydroxylation sites is 1. The summed E-state index contributed by atoms with van der Waals surface area (Å²) in [4.78, 5) is 16.4. The third-order valence-electron chi connectivity index (χ3n) is 4.22. The number of nitrogens with one attached hydrogen (secondary N) is 1. The molecule has 1 atom stereocenters. The lowest BCUT2D eigenvalue weighted by Crippen LogP contribution is -2.64. The van der Waals surface area contributed by atoms with E-state index >= 15 is 0 Å². The van der Waals surface area contributed by atoms with Crippen LogP contribution in [0.1, 0.15) is 6.42 Å². The second kappa shape index (κ2) is 4.37. The van der Waals surface area contributed by atoms with Gasteiger partial charge in [-0.25, -0.2) is 0 Å². The first-order valence-corrected chi connectivity index (χ1v) is 6.49. The molecule has 3 rings (SSSR count). The number of nitrogens with zero attached hydrogens (tertiary/aromatic N) is 2. The standard InChI is InChI=1S/C14H19N3O/c1-16-9-13(18)17(12-5-3-2-4-6-12)11-14(16)7-8-15-10-14/h2-6,15H,7-11H2,1H3/t14-/m0/s1. The summed E-state index contributed by atoms with van der Waals surface area (Å²) in [6.07, 6.45) is 1.11. The number of amides is 1. The molecule has 0 aromatic heterocycles. The largest absolute Gasteiger partial charge is 0.315 e. The number of likely N-dealkylation sites (N-methyl/N-ethyl adjacent to an activating group) is 1. The van der Waals surface area contributed by atoms with Crippen LogP contribution in [0.25, 0.3) is 0 Å². The van der Waals surface area contributed by atoms with Crippen molar-refractivity contribution in [2.75, 3.05) is 38.1 Å². The second-order valence-corrected chi connectivity index (χ2v) is 5.32. The minimum atomic E-state index is 0.115. The van der Waals surface area contributed by atoms with Crippen molar-refractivity contribution in [3.8, 4) is 0 Å². The molecular weight excluding hydrogens is 226 g/mol. The van der Waals surface area contributed by atoms with Crippen molar-refractivity contribution in [2.24, 2.45) is 0 Å². The van der Waals surface area contributed by atoms with Crippen LogP contribution in [0.4, 0.5) is 5.69 Å². The van der Waals surface area contributed by atoms with Gasteiger partial charge in [-0.1, -0.05) is 18.2 Å². The van der Waals surface area contributed by atoms with Gasteiger partial charge in [-0.3, -0.25) is 9.69 Å². The van der Waals surface area contributed by atoms with E-state index in [1.54, 1.807) is 0 Å². The van der Waals surface area contributed by atoms with Crippen molar-refractivity contribution in [3.63, 3.8) is 0 Å². The number of carbonyl (C=O) groups excluding carboxylic acids is 1. The third-order valence-corrected chi connectivity index (χ3v) is 4.22. The second-order valence-electron chi connectivity index (χ2n) is 5.32. The smallest absolute Gasteiger partial charge is 0.241 e. The van der Waals surface area contributed by atoms with Crippen molar-refractivity contribution in [1.82, 2.24) is 10.2 Å². The summed E-state index contributed by atoms with van der Waals surface area (Å²) in [7, 11) is 2.06. The van der Waals surface area contributed by atoms with Crippen LogP contribution < -0.4 is 10.2 Å². The fourth-order valence-electron chi connectivity index (χ4n) is 2.99. The zero-order valence-electron chi connectivity index (χ0n) is 10.7. The number of carbonyl (C=O) groups is 1. The SMILES string of the molecule is CN1CC(=O)N(c2ccccc2)C[C@@]12CCNC2. The van der Waals surface area contributed by atoms with E-state index in [1.165, 1.54) is 0 Å². The minimum absolute atomic E-state index is 0.115. The quantitative estimate of drug-likeness (QED) is 0.791. The summed E-state index contributed by atoms with van der Waals surface area (Å²) in [5.41, 5.74) is 1.13. The van der Waals surface area contributed by atoms with E-state index in [0.717, 1.165) is 31.7 Å². The highest BCUT2D eigenvalue weighted by atomic mass is 16.2. The molecule has 1 amide bonds. The van der Waals surface area contributed by atoms with Gasteiger partial charge in [0.2, 0.25) is 5.91 Å². The Labute approximate surface area is 108 Å². The molecule has 2 saturated heterocycles. The molecule has 2 aliphatic heterocycles. The van der Waals surface area contributed by atoms with Gasteiger partial charge in [0, 0.05) is 18.8 Å². The van der Waals surface area contributed by atoms with Gasteiger partial charge < -0.3 is 10.2 Å². The first kappa shape index (κ1) is 11.7. The van der Waals surface area contributed by atoms with E-state index < -0.39 is 0 Å². The summed E-state index contributed by atoms with van der Waals surface area (Å²) < 4.78 is 0. The topological polar surface area (TPSA) is 35.6 Å². The predicted molar refractivity (Wildman–Crippen MR) is 71.6 cm³/mol. The molecule has 2 aliphatic rings. The molecule has 2 heterocycles. The average molecular weight is 245 g/mol. The van der Waals surface area contributed by atoms with Gasteiger partial charge in [-0.15, -0.1) is 0 Å². The van der Waals surface area contributed by atoms with Crippen molar-refractivity contribution >= 4 is 11.6 Å². The summed E-state index contributed by atoms with van der Waals surface area (Å²) >= 11 is 0. The van der Waals surface area contributed by atoms with Crippen LogP contribution in [0, 0.1) is 0 Å². The molecule has 0 bridgehead atoms. The lowest BCUT2D eigenvalue weighted by molar-refractivity contribution is -0.123. The molecule has 0 saturated carbocycles. The number of benzene rings is 1. The van der Waals surface area contributed by atoms with Crippen LogP contribution in [0.5, 0.6) is 0 Å². The molecule has 0 unspecified atom stereocenters. The van der Waals surface area contributed by atoms with Crippen LogP contribution in [-0.2, 0) is 4.79 Å². The first-order chi connectivity index (χ1) is 8.71. The van der Waals surface area contributed by atoms with Gasteiger partial charge in [-0.05, 0) is 32.1 Å². The zero-order valence-corrected chi connectivity index (χ0v) is 10.7. The Morgan fingerprint density at radius 1 is 1.28 bits per heavy atom. The molecule has 1 aromatic rings. The Balaban J connectivity index is 1.89. The maximum atomic E-state index is 12.2. The van der Waals surface area contributed by atoms with Gasteiger partial charge >= 0.3 is 0 Å². The molecule has 4 nitrogen and oxygen atoms in total. The van der Waals surface area contributed by atoms with Crippen LogP contribution in [0.15, 0.2) is 30.3 Å². The summed E-state index contributed by atoms with van der Waals surface area (Å²) in [5, 5.41) is 3.42. The molecule has 18 heavy (non-hydrogen) atoms. The number of rotatable bonds is 1. The number of hydrogen-bond acceptors (Lipinski definition) is 3. The van der Waals surface area contributed by atoms with Gasteiger partial charge in [0.1, 0.15) is 0 Å². The summed E-state index contributed by atoms with van der Waals surface area (Å²) in [5.74, 6) is 0.196. The lowest BCUT2D eigenvalue weighted by Gasteiger charge is -2.46. The Morgan fingerprint density at radius 2 is 2.06 bits per heavy atom. The molecule has 0 aliphatic carbocycles. The van der Waals surface area contributed by atoms with Crippen LogP contribution in [0.3, 0.4) is 0 Å². The van der Waals surface area contributed by atoms with Crippen molar-refractivity contribution < 1.29 is 4.79 Å². The van der Waals surface area contributed by atoms with Gasteiger partial charge in [0.25, 0.3) is 0 Å². The van der Waals surface area contributed by atoms with Gasteiger partial charge in [0.05, 0.1) is 12.1 Å². The molecule has 1 N–H and O–H groups in total. The number of piperazine rings is 1. The fourth-order valence-corrected chi connectivity index (χ4v) is 2.99. The minimum Gasteiger partial charge on any atom is -0.315 e. The number of anilines is 1. The highest BCUT2D eigenvalue weighted by Crippen LogP contribution is 2.29. The summed E-state index contributed by atoms with van der Waals surface area (Å²) in [6.45, 7) is 3.32. The van der Waals surface area contributed by atoms with Crippen molar-refractivity contribution in [2.45, 2.75) is 12.0 Å². The summed E-state index contributed by atoms with van der Waals surface area (Å²) in [6, 6.07) is 9.98. The van der Waals surface area contributed by atoms with Crippen LogP contribution >= 0.6 is 0 Å². The van der Waals surface area contributed by atoms with Crippen LogP contribution in [-0.4, -0.2) is 49.6 Å². The van der Waals surface area contributed by atoms with Crippen LogP contribution in [0.2, 0.25) is 0 Å². The van der Waals surface area contributed by atoms with E-state index in [2.05, 4.69) is 17.3 Å². The Bertz CT molecular complexity index is 440. The van der Waals surface area contributed by atoms with E-state index in [-0.39, 0.29) is 11.4 Å². The molecule has 0 radical (unpaired) electrons. The normalized spacial score (nSPS) is 29.2. The Morgan fingerprint density at radius 3 is 2.72 bits per heavy atom. The third kappa shape index (κ3) is 1.82. The average Bonchev–Trinajstić information content (AvgIpc) is 2.85. The maximum absolute atomic E-state index is 12.2.